The lowest BCUT2D eigenvalue weighted by molar-refractivity contribution is 0.102. The van der Waals surface area contributed by atoms with Gasteiger partial charge in [-0.05, 0) is 38.7 Å². The van der Waals surface area contributed by atoms with Gasteiger partial charge in [0.25, 0.3) is 0 Å². The van der Waals surface area contributed by atoms with E-state index in [1.54, 1.807) is 0 Å². The minimum Gasteiger partial charge on any atom is -0.458 e. The third kappa shape index (κ3) is 3.83. The second-order valence-corrected chi connectivity index (χ2v) is 6.16. The van der Waals surface area contributed by atoms with E-state index >= 15 is 0 Å². The summed E-state index contributed by atoms with van der Waals surface area (Å²) in [6.07, 6.45) is 1.61. The first-order chi connectivity index (χ1) is 9.35. The van der Waals surface area contributed by atoms with Crippen LogP contribution in [0.2, 0.25) is 0 Å². The topological polar surface area (TPSA) is 60.0 Å². The number of benzene rings is 1. The number of nitrogens with two attached hydrogens (primary N) is 1. The predicted octanol–water partition coefficient (Wildman–Crippen LogP) is 3.36. The lowest BCUT2D eigenvalue weighted by Gasteiger charge is -2.24. The van der Waals surface area contributed by atoms with Crippen LogP contribution in [-0.2, 0) is 4.74 Å². The first kappa shape index (κ1) is 14.6. The van der Waals surface area contributed by atoms with Gasteiger partial charge in [0.05, 0.1) is 0 Å². The van der Waals surface area contributed by atoms with Gasteiger partial charge in [-0.25, -0.2) is 0 Å². The molecule has 4 nitrogen and oxygen atoms in total. The van der Waals surface area contributed by atoms with Crippen LogP contribution in [0.4, 0.5) is 0 Å². The normalized spacial score (nSPS) is 19.4. The molecule has 1 aromatic rings. The van der Waals surface area contributed by atoms with E-state index in [4.69, 9.17) is 10.5 Å². The highest BCUT2D eigenvalue weighted by Gasteiger charge is 2.26. The molecule has 0 aliphatic carbocycles. The van der Waals surface area contributed by atoms with Crippen LogP contribution in [-0.4, -0.2) is 17.3 Å². The summed E-state index contributed by atoms with van der Waals surface area (Å²) in [4.78, 5) is 0. The van der Waals surface area contributed by atoms with E-state index < -0.39 is 0 Å². The van der Waals surface area contributed by atoms with Gasteiger partial charge >= 0.3 is 6.02 Å². The fraction of sp³-hybridized carbons (Fsp3) is 0.500. The number of hydrogen-bond acceptors (Lipinski definition) is 4. The number of amidine groups is 1. The fourth-order valence-corrected chi connectivity index (χ4v) is 2.47. The quantitative estimate of drug-likeness (QED) is 0.918. The molecule has 1 atom stereocenters. The van der Waals surface area contributed by atoms with Crippen molar-refractivity contribution in [2.45, 2.75) is 52.1 Å². The van der Waals surface area contributed by atoms with Crippen LogP contribution in [0.1, 0.15) is 50.7 Å². The summed E-state index contributed by atoms with van der Waals surface area (Å²) in [6, 6.07) is 8.79. The van der Waals surface area contributed by atoms with Crippen molar-refractivity contribution in [2.75, 3.05) is 0 Å². The van der Waals surface area contributed by atoms with Crippen molar-refractivity contribution in [3.8, 4) is 0 Å². The molecule has 2 N–H and O–H groups in total. The summed E-state index contributed by atoms with van der Waals surface area (Å²) in [6.45, 7) is 8.32. The summed E-state index contributed by atoms with van der Waals surface area (Å²) < 4.78 is 5.55. The average molecular weight is 273 g/mol. The molecule has 108 valence electrons. The van der Waals surface area contributed by atoms with Crippen LogP contribution in [0.15, 0.2) is 34.5 Å². The highest BCUT2D eigenvalue weighted by Crippen LogP contribution is 2.25. The maximum absolute atomic E-state index is 5.65. The standard InChI is InChI=1S/C16H23N3O/c1-11-5-7-13(8-6-11)12(2)9-14-10-16(3,4)20-15(17)19-18-14/h5-8,12H,9-10H2,1-4H3,(H2,17,19). The molecular weight excluding hydrogens is 250 g/mol. The Kier molecular flexibility index (Phi) is 4.12. The van der Waals surface area contributed by atoms with Crippen LogP contribution < -0.4 is 5.73 Å². The van der Waals surface area contributed by atoms with Gasteiger partial charge in [-0.15, -0.1) is 0 Å². The zero-order valence-corrected chi connectivity index (χ0v) is 12.7. The first-order valence-corrected chi connectivity index (χ1v) is 7.00. The van der Waals surface area contributed by atoms with Gasteiger partial charge in [0.2, 0.25) is 0 Å². The number of hydrogen-bond donors (Lipinski definition) is 1. The summed E-state index contributed by atoms with van der Waals surface area (Å²) in [5.41, 5.74) is 8.93. The van der Waals surface area contributed by atoms with Crippen molar-refractivity contribution in [1.29, 1.82) is 0 Å². The molecule has 0 spiro atoms. The van der Waals surface area contributed by atoms with Gasteiger partial charge in [0.1, 0.15) is 5.60 Å². The van der Waals surface area contributed by atoms with Gasteiger partial charge in [-0.1, -0.05) is 41.9 Å². The summed E-state index contributed by atoms with van der Waals surface area (Å²) in [5.74, 6) is 0.402. The molecule has 0 radical (unpaired) electrons. The molecule has 1 unspecified atom stereocenters. The van der Waals surface area contributed by atoms with Gasteiger partial charge in [-0.3, -0.25) is 0 Å². The molecule has 1 aliphatic rings. The lowest BCUT2D eigenvalue weighted by atomic mass is 9.90. The SMILES string of the molecule is Cc1ccc(C(C)CC2=NN=C(N)OC(C)(C)C2)cc1. The van der Waals surface area contributed by atoms with E-state index in [0.29, 0.717) is 5.92 Å². The summed E-state index contributed by atoms with van der Waals surface area (Å²) >= 11 is 0. The Morgan fingerprint density at radius 2 is 1.90 bits per heavy atom. The van der Waals surface area contributed by atoms with Gasteiger partial charge in [0.15, 0.2) is 0 Å². The molecule has 0 saturated carbocycles. The molecule has 4 heteroatoms. The Labute approximate surface area is 120 Å². The molecule has 0 fully saturated rings. The largest absolute Gasteiger partial charge is 0.458 e. The zero-order chi connectivity index (χ0) is 14.8. The van der Waals surface area contributed by atoms with E-state index in [0.717, 1.165) is 18.6 Å². The zero-order valence-electron chi connectivity index (χ0n) is 12.7. The molecule has 1 aliphatic heterocycles. The summed E-state index contributed by atoms with van der Waals surface area (Å²) in [5, 5.41) is 8.16. The highest BCUT2D eigenvalue weighted by atomic mass is 16.5. The first-order valence-electron chi connectivity index (χ1n) is 7.00. The number of nitrogens with zero attached hydrogens (tertiary/aromatic N) is 2. The Bertz CT molecular complexity index is 529. The van der Waals surface area contributed by atoms with Gasteiger partial charge in [0, 0.05) is 12.1 Å². The van der Waals surface area contributed by atoms with Gasteiger partial charge in [-0.2, -0.15) is 5.10 Å². The van der Waals surface area contributed by atoms with E-state index in [9.17, 15) is 0 Å². The highest BCUT2D eigenvalue weighted by molar-refractivity contribution is 5.88. The Morgan fingerprint density at radius 3 is 2.55 bits per heavy atom. The number of ether oxygens (including phenoxy) is 1. The molecule has 0 bridgehead atoms. The van der Waals surface area contributed by atoms with Crippen molar-refractivity contribution >= 4 is 11.7 Å². The number of rotatable bonds is 3. The average Bonchev–Trinajstić information content (AvgIpc) is 2.47. The third-order valence-electron chi connectivity index (χ3n) is 3.49. The van der Waals surface area contributed by atoms with Crippen LogP contribution in [0.25, 0.3) is 0 Å². The van der Waals surface area contributed by atoms with Crippen LogP contribution in [0, 0.1) is 6.92 Å². The molecule has 1 aromatic carbocycles. The number of aryl methyl sites for hydroxylation is 1. The van der Waals surface area contributed by atoms with Crippen LogP contribution in [0.3, 0.4) is 0 Å². The van der Waals surface area contributed by atoms with E-state index in [1.807, 2.05) is 13.8 Å². The van der Waals surface area contributed by atoms with Gasteiger partial charge < -0.3 is 10.5 Å². The monoisotopic (exact) mass is 273 g/mol. The second kappa shape index (κ2) is 5.65. The van der Waals surface area contributed by atoms with Crippen molar-refractivity contribution in [1.82, 2.24) is 0 Å². The minimum absolute atomic E-state index is 0.146. The van der Waals surface area contributed by atoms with Crippen molar-refractivity contribution in [3.05, 3.63) is 35.4 Å². The Balaban J connectivity index is 2.10. The van der Waals surface area contributed by atoms with Crippen molar-refractivity contribution in [2.24, 2.45) is 15.9 Å². The van der Waals surface area contributed by atoms with E-state index in [-0.39, 0.29) is 11.6 Å². The maximum Gasteiger partial charge on any atom is 0.306 e. The minimum atomic E-state index is -0.351. The fourth-order valence-electron chi connectivity index (χ4n) is 2.47. The smallest absolute Gasteiger partial charge is 0.306 e. The predicted molar refractivity (Wildman–Crippen MR) is 83.0 cm³/mol. The molecule has 0 saturated heterocycles. The van der Waals surface area contributed by atoms with E-state index in [1.165, 1.54) is 11.1 Å². The Morgan fingerprint density at radius 1 is 1.25 bits per heavy atom. The van der Waals surface area contributed by atoms with Crippen LogP contribution >= 0.6 is 0 Å². The maximum atomic E-state index is 5.65. The molecule has 1 heterocycles. The summed E-state index contributed by atoms with van der Waals surface area (Å²) in [7, 11) is 0. The molecular formula is C16H23N3O. The van der Waals surface area contributed by atoms with Crippen molar-refractivity contribution in [3.63, 3.8) is 0 Å². The molecule has 20 heavy (non-hydrogen) atoms. The molecule has 0 amide bonds. The lowest BCUT2D eigenvalue weighted by Crippen LogP contribution is -2.32. The molecule has 2 rings (SSSR count). The van der Waals surface area contributed by atoms with E-state index in [2.05, 4.69) is 48.3 Å². The second-order valence-electron chi connectivity index (χ2n) is 6.16. The Hall–Kier alpha value is -1.84. The molecule has 0 aromatic heterocycles. The third-order valence-corrected chi connectivity index (χ3v) is 3.49. The van der Waals surface area contributed by atoms with Crippen LogP contribution in [0.5, 0.6) is 0 Å². The van der Waals surface area contributed by atoms with Crippen molar-refractivity contribution < 1.29 is 4.74 Å².